The first-order valence-electron chi connectivity index (χ1n) is 7.14. The van der Waals surface area contributed by atoms with Crippen molar-refractivity contribution in [1.29, 1.82) is 0 Å². The van der Waals surface area contributed by atoms with Crippen molar-refractivity contribution in [3.8, 4) is 0 Å². The molecule has 1 N–H and O–H groups in total. The van der Waals surface area contributed by atoms with Crippen molar-refractivity contribution in [3.05, 3.63) is 40.4 Å². The minimum atomic E-state index is -0.363. The number of nitrogens with zero attached hydrogens (tertiary/aromatic N) is 1. The normalized spacial score (nSPS) is 10.4. The van der Waals surface area contributed by atoms with Gasteiger partial charge >= 0.3 is 5.97 Å². The first-order valence-corrected chi connectivity index (χ1v) is 7.96. The highest BCUT2D eigenvalue weighted by Gasteiger charge is 2.16. The lowest BCUT2D eigenvalue weighted by Crippen LogP contribution is -2.06. The third-order valence-corrected chi connectivity index (χ3v) is 3.90. The van der Waals surface area contributed by atoms with Crippen LogP contribution in [-0.2, 0) is 11.2 Å². The van der Waals surface area contributed by atoms with Crippen molar-refractivity contribution in [2.45, 2.75) is 33.6 Å². The highest BCUT2D eigenvalue weighted by Crippen LogP contribution is 2.26. The molecule has 0 atom stereocenters. The number of rotatable bonds is 6. The van der Waals surface area contributed by atoms with E-state index in [-0.39, 0.29) is 5.97 Å². The van der Waals surface area contributed by atoms with E-state index in [1.165, 1.54) is 16.9 Å². The highest BCUT2D eigenvalue weighted by atomic mass is 32.1. The Bertz CT molecular complexity index is 605. The number of anilines is 2. The van der Waals surface area contributed by atoms with Gasteiger partial charge < -0.3 is 10.1 Å². The van der Waals surface area contributed by atoms with Gasteiger partial charge in [-0.15, -0.1) is 11.3 Å². The van der Waals surface area contributed by atoms with Crippen molar-refractivity contribution >= 4 is 28.1 Å². The third-order valence-electron chi connectivity index (χ3n) is 3.01. The summed E-state index contributed by atoms with van der Waals surface area (Å²) in [4.78, 5) is 16.9. The Morgan fingerprint density at radius 2 is 2.00 bits per heavy atom. The minimum absolute atomic E-state index is 0.359. The predicted molar refractivity (Wildman–Crippen MR) is 86.5 cm³/mol. The summed E-state index contributed by atoms with van der Waals surface area (Å²) in [5.74, 6) is -0.363. The summed E-state index contributed by atoms with van der Waals surface area (Å²) >= 11 is 1.45. The van der Waals surface area contributed by atoms with Gasteiger partial charge in [-0.25, -0.2) is 9.78 Å². The molecule has 0 saturated heterocycles. The van der Waals surface area contributed by atoms with Crippen molar-refractivity contribution in [1.82, 2.24) is 4.98 Å². The first kappa shape index (κ1) is 15.5. The molecule has 0 saturated carbocycles. The number of thiazole rings is 1. The number of aryl methyl sites for hydroxylation is 2. The third kappa shape index (κ3) is 4.04. The standard InChI is InChI=1S/C16H20N2O2S/c1-4-6-12-7-9-13(10-8-12)17-16-18-14(11(3)21-16)15(19)20-5-2/h7-10H,4-6H2,1-3H3,(H,17,18). The lowest BCUT2D eigenvalue weighted by Gasteiger charge is -2.04. The Morgan fingerprint density at radius 3 is 2.62 bits per heavy atom. The van der Waals surface area contributed by atoms with Crippen molar-refractivity contribution in [2.24, 2.45) is 0 Å². The molecule has 0 aliphatic heterocycles. The molecule has 0 fully saturated rings. The molecule has 0 aliphatic carbocycles. The van der Waals surface area contributed by atoms with Gasteiger partial charge in [0.25, 0.3) is 0 Å². The fraction of sp³-hybridized carbons (Fsp3) is 0.375. The monoisotopic (exact) mass is 304 g/mol. The smallest absolute Gasteiger partial charge is 0.358 e. The van der Waals surface area contributed by atoms with Gasteiger partial charge in [-0.05, 0) is 38.0 Å². The number of nitrogens with one attached hydrogen (secondary N) is 1. The van der Waals surface area contributed by atoms with Gasteiger partial charge in [0.1, 0.15) is 0 Å². The van der Waals surface area contributed by atoms with Crippen LogP contribution in [0.25, 0.3) is 0 Å². The Labute approximate surface area is 129 Å². The van der Waals surface area contributed by atoms with E-state index >= 15 is 0 Å². The quantitative estimate of drug-likeness (QED) is 0.807. The predicted octanol–water partition coefficient (Wildman–Crippen LogP) is 4.32. The van der Waals surface area contributed by atoms with Crippen LogP contribution in [0.4, 0.5) is 10.8 Å². The first-order chi connectivity index (χ1) is 10.1. The summed E-state index contributed by atoms with van der Waals surface area (Å²) in [6.07, 6.45) is 2.23. The maximum absolute atomic E-state index is 11.7. The van der Waals surface area contributed by atoms with Gasteiger partial charge in [-0.2, -0.15) is 0 Å². The van der Waals surface area contributed by atoms with E-state index in [1.807, 2.05) is 19.1 Å². The van der Waals surface area contributed by atoms with Gasteiger partial charge in [0.15, 0.2) is 10.8 Å². The Morgan fingerprint density at radius 1 is 1.29 bits per heavy atom. The molecule has 0 radical (unpaired) electrons. The summed E-state index contributed by atoms with van der Waals surface area (Å²) in [7, 11) is 0. The van der Waals surface area contributed by atoms with Gasteiger partial charge in [0.05, 0.1) is 6.61 Å². The Hall–Kier alpha value is -1.88. The van der Waals surface area contributed by atoms with Crippen LogP contribution in [0.2, 0.25) is 0 Å². The van der Waals surface area contributed by atoms with Crippen LogP contribution in [-0.4, -0.2) is 17.6 Å². The molecule has 21 heavy (non-hydrogen) atoms. The highest BCUT2D eigenvalue weighted by molar-refractivity contribution is 7.15. The fourth-order valence-electron chi connectivity index (χ4n) is 2.01. The van der Waals surface area contributed by atoms with E-state index in [2.05, 4.69) is 29.4 Å². The molecule has 0 amide bonds. The minimum Gasteiger partial charge on any atom is -0.461 e. The van der Waals surface area contributed by atoms with E-state index in [0.717, 1.165) is 23.4 Å². The number of esters is 1. The van der Waals surface area contributed by atoms with Gasteiger partial charge in [-0.1, -0.05) is 25.5 Å². The topological polar surface area (TPSA) is 51.2 Å². The van der Waals surface area contributed by atoms with Crippen LogP contribution in [0.1, 0.15) is 41.2 Å². The molecule has 0 aliphatic rings. The summed E-state index contributed by atoms with van der Waals surface area (Å²) in [6, 6.07) is 8.29. The largest absolute Gasteiger partial charge is 0.461 e. The molecule has 1 aromatic carbocycles. The SMILES string of the molecule is CCCc1ccc(Nc2nc(C(=O)OCC)c(C)s2)cc1. The molecule has 0 bridgehead atoms. The summed E-state index contributed by atoms with van der Waals surface area (Å²) in [5, 5.41) is 3.94. The second-order valence-electron chi connectivity index (χ2n) is 4.72. The molecule has 2 aromatic rings. The molecule has 5 heteroatoms. The number of carbonyl (C=O) groups is 1. The summed E-state index contributed by atoms with van der Waals surface area (Å²) in [5.41, 5.74) is 2.69. The number of ether oxygens (including phenoxy) is 1. The average molecular weight is 304 g/mol. The Balaban J connectivity index is 2.09. The zero-order chi connectivity index (χ0) is 15.2. The van der Waals surface area contributed by atoms with Gasteiger partial charge in [0, 0.05) is 10.6 Å². The van der Waals surface area contributed by atoms with E-state index in [0.29, 0.717) is 17.4 Å². The molecule has 112 valence electrons. The van der Waals surface area contributed by atoms with E-state index in [9.17, 15) is 4.79 Å². The number of hydrogen-bond acceptors (Lipinski definition) is 5. The van der Waals surface area contributed by atoms with Crippen LogP contribution in [0.15, 0.2) is 24.3 Å². The fourth-order valence-corrected chi connectivity index (χ4v) is 2.83. The second-order valence-corrected chi connectivity index (χ2v) is 5.92. The molecule has 0 unspecified atom stereocenters. The summed E-state index contributed by atoms with van der Waals surface area (Å²) < 4.78 is 4.99. The second kappa shape index (κ2) is 7.22. The number of hydrogen-bond donors (Lipinski definition) is 1. The molecular weight excluding hydrogens is 284 g/mol. The summed E-state index contributed by atoms with van der Waals surface area (Å²) in [6.45, 7) is 6.19. The van der Waals surface area contributed by atoms with Crippen molar-refractivity contribution in [3.63, 3.8) is 0 Å². The van der Waals surface area contributed by atoms with E-state index < -0.39 is 0 Å². The van der Waals surface area contributed by atoms with Crippen molar-refractivity contribution < 1.29 is 9.53 Å². The van der Waals surface area contributed by atoms with Crippen LogP contribution < -0.4 is 5.32 Å². The molecule has 1 aromatic heterocycles. The molecule has 1 heterocycles. The molecular formula is C16H20N2O2S. The Kier molecular flexibility index (Phi) is 5.33. The maximum atomic E-state index is 11.7. The van der Waals surface area contributed by atoms with Crippen LogP contribution in [0.3, 0.4) is 0 Å². The van der Waals surface area contributed by atoms with E-state index in [4.69, 9.17) is 4.74 Å². The number of aromatic nitrogens is 1. The van der Waals surface area contributed by atoms with Crippen LogP contribution >= 0.6 is 11.3 Å². The number of benzene rings is 1. The molecule has 2 rings (SSSR count). The zero-order valence-corrected chi connectivity index (χ0v) is 13.4. The van der Waals surface area contributed by atoms with E-state index in [1.54, 1.807) is 6.92 Å². The number of carbonyl (C=O) groups excluding carboxylic acids is 1. The average Bonchev–Trinajstić information content (AvgIpc) is 2.82. The lowest BCUT2D eigenvalue weighted by atomic mass is 10.1. The lowest BCUT2D eigenvalue weighted by molar-refractivity contribution is 0.0519. The van der Waals surface area contributed by atoms with Gasteiger partial charge in [-0.3, -0.25) is 0 Å². The maximum Gasteiger partial charge on any atom is 0.358 e. The molecule has 0 spiro atoms. The van der Waals surface area contributed by atoms with Crippen LogP contribution in [0.5, 0.6) is 0 Å². The van der Waals surface area contributed by atoms with Crippen LogP contribution in [0, 0.1) is 6.92 Å². The van der Waals surface area contributed by atoms with Crippen molar-refractivity contribution in [2.75, 3.05) is 11.9 Å². The zero-order valence-electron chi connectivity index (χ0n) is 12.6. The molecule has 4 nitrogen and oxygen atoms in total. The van der Waals surface area contributed by atoms with Gasteiger partial charge in [0.2, 0.25) is 0 Å².